The molecule has 148 valence electrons. The predicted octanol–water partition coefficient (Wildman–Crippen LogP) is 1.30. The predicted molar refractivity (Wildman–Crippen MR) is 105 cm³/mol. The third kappa shape index (κ3) is 4.66. The first-order chi connectivity index (χ1) is 12.9. The number of piperidine rings is 1. The van der Waals surface area contributed by atoms with E-state index >= 15 is 0 Å². The molecule has 3 rings (SSSR count). The number of hydrogen-bond acceptors (Lipinski definition) is 5. The Morgan fingerprint density at radius 1 is 1.26 bits per heavy atom. The summed E-state index contributed by atoms with van der Waals surface area (Å²) in [6.45, 7) is 2.99. The van der Waals surface area contributed by atoms with Gasteiger partial charge in [-0.3, -0.25) is 9.59 Å². The topological polar surface area (TPSA) is 87.9 Å². The van der Waals surface area contributed by atoms with Crippen LogP contribution in [-0.4, -0.2) is 73.6 Å². The van der Waals surface area contributed by atoms with Crippen LogP contribution in [0.5, 0.6) is 0 Å². The number of nitrogens with one attached hydrogen (secondary N) is 1. The van der Waals surface area contributed by atoms with E-state index in [2.05, 4.69) is 17.3 Å². The molecule has 2 aliphatic rings. The van der Waals surface area contributed by atoms with Crippen molar-refractivity contribution in [3.05, 3.63) is 29.8 Å². The molecule has 0 spiro atoms. The molecule has 27 heavy (non-hydrogen) atoms. The van der Waals surface area contributed by atoms with Crippen LogP contribution in [0.25, 0.3) is 0 Å². The first-order valence-corrected chi connectivity index (χ1v) is 9.63. The second-order valence-electron chi connectivity index (χ2n) is 7.77. The highest BCUT2D eigenvalue weighted by molar-refractivity contribution is 5.99. The molecule has 0 radical (unpaired) electrons. The lowest BCUT2D eigenvalue weighted by molar-refractivity contribution is -0.124. The molecule has 0 aliphatic carbocycles. The maximum atomic E-state index is 12.8. The molecule has 2 saturated heterocycles. The van der Waals surface area contributed by atoms with E-state index < -0.39 is 5.54 Å². The van der Waals surface area contributed by atoms with Crippen molar-refractivity contribution >= 4 is 17.5 Å². The Morgan fingerprint density at radius 2 is 1.93 bits per heavy atom. The van der Waals surface area contributed by atoms with E-state index in [0.29, 0.717) is 37.3 Å². The summed E-state index contributed by atoms with van der Waals surface area (Å²) >= 11 is 0. The highest BCUT2D eigenvalue weighted by atomic mass is 16.5. The molecule has 7 heteroatoms. The number of rotatable bonds is 4. The number of nitrogens with two attached hydrogens (primary N) is 1. The van der Waals surface area contributed by atoms with Crippen LogP contribution in [0.1, 0.15) is 36.0 Å². The van der Waals surface area contributed by atoms with Gasteiger partial charge in [-0.25, -0.2) is 0 Å². The van der Waals surface area contributed by atoms with Gasteiger partial charge in [0.05, 0.1) is 0 Å². The van der Waals surface area contributed by atoms with Crippen LogP contribution in [0.3, 0.4) is 0 Å². The fourth-order valence-electron chi connectivity index (χ4n) is 3.74. The van der Waals surface area contributed by atoms with Gasteiger partial charge in [-0.1, -0.05) is 0 Å². The van der Waals surface area contributed by atoms with Crippen molar-refractivity contribution in [1.29, 1.82) is 0 Å². The van der Waals surface area contributed by atoms with Gasteiger partial charge in [0.15, 0.2) is 0 Å². The normalized spacial score (nSPS) is 22.9. The highest BCUT2D eigenvalue weighted by Gasteiger charge is 2.36. The summed E-state index contributed by atoms with van der Waals surface area (Å²) in [5, 5.41) is 2.87. The molecular weight excluding hydrogens is 344 g/mol. The highest BCUT2D eigenvalue weighted by Crippen LogP contribution is 2.21. The molecule has 2 fully saturated rings. The summed E-state index contributed by atoms with van der Waals surface area (Å²) < 4.78 is 5.28. The molecule has 0 saturated carbocycles. The summed E-state index contributed by atoms with van der Waals surface area (Å²) in [5.41, 5.74) is 6.59. The number of hydrogen-bond donors (Lipinski definition) is 2. The zero-order chi connectivity index (χ0) is 19.4. The minimum atomic E-state index is -0.889. The number of likely N-dealkylation sites (N-methyl/N-ethyl adjacent to an activating group) is 2. The van der Waals surface area contributed by atoms with Crippen molar-refractivity contribution in [2.24, 2.45) is 5.73 Å². The maximum Gasteiger partial charge on any atom is 0.253 e. The molecule has 3 N–H and O–H groups in total. The van der Waals surface area contributed by atoms with E-state index in [4.69, 9.17) is 10.5 Å². The quantitative estimate of drug-likeness (QED) is 0.829. The van der Waals surface area contributed by atoms with Gasteiger partial charge in [0.25, 0.3) is 5.91 Å². The summed E-state index contributed by atoms with van der Waals surface area (Å²) in [5.74, 6) is -0.194. The van der Waals surface area contributed by atoms with Crippen molar-refractivity contribution < 1.29 is 14.3 Å². The lowest BCUT2D eigenvalue weighted by atomic mass is 9.90. The van der Waals surface area contributed by atoms with Crippen LogP contribution in [0.15, 0.2) is 24.3 Å². The van der Waals surface area contributed by atoms with Gasteiger partial charge in [0.2, 0.25) is 5.91 Å². The minimum absolute atomic E-state index is 0.00732. The number of nitrogens with zero attached hydrogens (tertiary/aromatic N) is 2. The summed E-state index contributed by atoms with van der Waals surface area (Å²) in [4.78, 5) is 29.3. The first-order valence-electron chi connectivity index (χ1n) is 9.63. The Labute approximate surface area is 160 Å². The van der Waals surface area contributed by atoms with Gasteiger partial charge in [0, 0.05) is 44.1 Å². The van der Waals surface area contributed by atoms with Gasteiger partial charge in [-0.2, -0.15) is 0 Å². The molecule has 1 atom stereocenters. The van der Waals surface area contributed by atoms with Crippen LogP contribution < -0.4 is 11.1 Å². The summed E-state index contributed by atoms with van der Waals surface area (Å²) in [7, 11) is 3.95. The molecule has 1 aromatic rings. The Bertz CT molecular complexity index is 670. The molecule has 2 amide bonds. The number of likely N-dealkylation sites (tertiary alicyclic amines) is 1. The largest absolute Gasteiger partial charge is 0.381 e. The molecule has 1 unspecified atom stereocenters. The van der Waals surface area contributed by atoms with E-state index in [-0.39, 0.29) is 17.9 Å². The molecular formula is C20H30N4O3. The van der Waals surface area contributed by atoms with Crippen molar-refractivity contribution in [3.63, 3.8) is 0 Å². The number of anilines is 1. The van der Waals surface area contributed by atoms with Gasteiger partial charge in [0.1, 0.15) is 5.54 Å². The van der Waals surface area contributed by atoms with E-state index in [1.54, 1.807) is 24.3 Å². The fourth-order valence-corrected chi connectivity index (χ4v) is 3.74. The molecule has 1 aromatic carbocycles. The van der Waals surface area contributed by atoms with Crippen LogP contribution >= 0.6 is 0 Å². The number of benzene rings is 1. The first kappa shape index (κ1) is 19.8. The van der Waals surface area contributed by atoms with Gasteiger partial charge < -0.3 is 25.6 Å². The number of ether oxygens (including phenoxy) is 1. The minimum Gasteiger partial charge on any atom is -0.381 e. The third-order valence-corrected chi connectivity index (χ3v) is 5.69. The Morgan fingerprint density at radius 3 is 2.56 bits per heavy atom. The standard InChI is InChI=1S/C20H30N4O3/c1-23-11-3-4-17(14-23)24(2)18(25)15-5-7-16(8-6-15)22-19(26)20(21)9-12-27-13-10-20/h5-8,17H,3-4,9-14,21H2,1-2H3,(H,22,26). The average molecular weight is 374 g/mol. The molecule has 2 heterocycles. The molecule has 0 aromatic heterocycles. The lowest BCUT2D eigenvalue weighted by Gasteiger charge is -2.36. The second-order valence-corrected chi connectivity index (χ2v) is 7.77. The monoisotopic (exact) mass is 374 g/mol. The maximum absolute atomic E-state index is 12.8. The van der Waals surface area contributed by atoms with E-state index in [1.165, 1.54) is 0 Å². The van der Waals surface area contributed by atoms with Crippen molar-refractivity contribution in [1.82, 2.24) is 9.80 Å². The van der Waals surface area contributed by atoms with Gasteiger partial charge >= 0.3 is 0 Å². The van der Waals surface area contributed by atoms with Crippen LogP contribution in [-0.2, 0) is 9.53 Å². The van der Waals surface area contributed by atoms with E-state index in [0.717, 1.165) is 25.9 Å². The zero-order valence-corrected chi connectivity index (χ0v) is 16.2. The molecule has 0 bridgehead atoms. The lowest BCUT2D eigenvalue weighted by Crippen LogP contribution is -2.54. The van der Waals surface area contributed by atoms with Crippen LogP contribution in [0.2, 0.25) is 0 Å². The van der Waals surface area contributed by atoms with Crippen LogP contribution in [0, 0.1) is 0 Å². The smallest absolute Gasteiger partial charge is 0.253 e. The Hall–Kier alpha value is -1.96. The van der Waals surface area contributed by atoms with Crippen molar-refractivity contribution in [3.8, 4) is 0 Å². The van der Waals surface area contributed by atoms with Crippen molar-refractivity contribution in [2.75, 3.05) is 45.7 Å². The van der Waals surface area contributed by atoms with Crippen molar-refractivity contribution in [2.45, 2.75) is 37.3 Å². The summed E-state index contributed by atoms with van der Waals surface area (Å²) in [6.07, 6.45) is 3.16. The zero-order valence-electron chi connectivity index (χ0n) is 16.2. The van der Waals surface area contributed by atoms with Gasteiger partial charge in [-0.15, -0.1) is 0 Å². The number of amides is 2. The SMILES string of the molecule is CN1CCCC(N(C)C(=O)c2ccc(NC(=O)C3(N)CCOCC3)cc2)C1. The second kappa shape index (κ2) is 8.37. The number of carbonyl (C=O) groups is 2. The van der Waals surface area contributed by atoms with E-state index in [1.807, 2.05) is 11.9 Å². The fraction of sp³-hybridized carbons (Fsp3) is 0.600. The Balaban J connectivity index is 1.61. The molecule has 7 nitrogen and oxygen atoms in total. The van der Waals surface area contributed by atoms with E-state index in [9.17, 15) is 9.59 Å². The third-order valence-electron chi connectivity index (χ3n) is 5.69. The van der Waals surface area contributed by atoms with Gasteiger partial charge in [-0.05, 0) is 63.5 Å². The Kier molecular flexibility index (Phi) is 6.14. The summed E-state index contributed by atoms with van der Waals surface area (Å²) in [6, 6.07) is 7.27. The molecule has 2 aliphatic heterocycles. The van der Waals surface area contributed by atoms with Crippen LogP contribution in [0.4, 0.5) is 5.69 Å². The average Bonchev–Trinajstić information content (AvgIpc) is 2.68. The number of carbonyl (C=O) groups excluding carboxylic acids is 2.